The number of nitrogens with zero attached hydrogens (tertiary/aromatic N) is 4. The highest BCUT2D eigenvalue weighted by molar-refractivity contribution is 5.85. The highest BCUT2D eigenvalue weighted by Gasteiger charge is 2.54. The van der Waals surface area contributed by atoms with Gasteiger partial charge in [-0.05, 0) is 90.6 Å². The van der Waals surface area contributed by atoms with E-state index in [0.717, 1.165) is 35.2 Å². The molecule has 8 heteroatoms. The van der Waals surface area contributed by atoms with E-state index in [-0.39, 0.29) is 29.7 Å². The molecule has 0 unspecified atom stereocenters. The average molecular weight is 435 g/mol. The van der Waals surface area contributed by atoms with E-state index in [0.29, 0.717) is 11.5 Å². The lowest BCUT2D eigenvalue weighted by Crippen LogP contribution is -2.57. The number of imidazole rings is 1. The Morgan fingerprint density at radius 2 is 1.88 bits per heavy atom. The zero-order valence-corrected chi connectivity index (χ0v) is 18.5. The number of benzene rings is 1. The van der Waals surface area contributed by atoms with Gasteiger partial charge in [-0.2, -0.15) is 0 Å². The van der Waals surface area contributed by atoms with E-state index in [2.05, 4.69) is 27.5 Å². The van der Waals surface area contributed by atoms with Crippen LogP contribution in [0.25, 0.3) is 22.6 Å². The maximum atomic E-state index is 13.4. The third-order valence-electron chi connectivity index (χ3n) is 8.25. The lowest BCUT2D eigenvalue weighted by molar-refractivity contribution is -0.127. The van der Waals surface area contributed by atoms with Crippen LogP contribution in [0.2, 0.25) is 0 Å². The number of nitrogens with two attached hydrogens (primary N) is 1. The fourth-order valence-corrected chi connectivity index (χ4v) is 7.44. The zero-order chi connectivity index (χ0) is 21.9. The lowest BCUT2D eigenvalue weighted by atomic mass is 9.47. The second kappa shape index (κ2) is 7.32. The molecule has 4 bridgehead atoms. The van der Waals surface area contributed by atoms with Crippen molar-refractivity contribution in [1.29, 1.82) is 0 Å². The van der Waals surface area contributed by atoms with E-state index in [1.54, 1.807) is 0 Å². The Kier molecular flexibility index (Phi) is 4.52. The van der Waals surface area contributed by atoms with Gasteiger partial charge < -0.3 is 15.6 Å². The molecule has 4 saturated carbocycles. The van der Waals surface area contributed by atoms with Crippen LogP contribution in [-0.4, -0.2) is 31.8 Å². The number of aromatic nitrogens is 4. The summed E-state index contributed by atoms with van der Waals surface area (Å²) < 4.78 is 6.66. The van der Waals surface area contributed by atoms with E-state index in [9.17, 15) is 4.79 Å². The molecule has 8 nitrogen and oxygen atoms in total. The van der Waals surface area contributed by atoms with Crippen LogP contribution in [-0.2, 0) is 11.3 Å². The van der Waals surface area contributed by atoms with Crippen LogP contribution >= 0.6 is 0 Å². The first-order valence-corrected chi connectivity index (χ1v) is 11.9. The maximum absolute atomic E-state index is 13.4. The molecule has 2 heterocycles. The van der Waals surface area contributed by atoms with Crippen LogP contribution in [0, 0.1) is 23.2 Å². The van der Waals surface area contributed by atoms with Crippen molar-refractivity contribution in [1.82, 2.24) is 25.2 Å². The molecular weight excluding hydrogens is 404 g/mol. The zero-order valence-electron chi connectivity index (χ0n) is 18.5. The number of amides is 1. The van der Waals surface area contributed by atoms with Crippen LogP contribution in [0.5, 0.6) is 0 Å². The number of nitrogen functional groups attached to an aromatic ring is 1. The van der Waals surface area contributed by atoms with Crippen molar-refractivity contribution >= 4 is 22.8 Å². The van der Waals surface area contributed by atoms with Crippen LogP contribution in [0.3, 0.4) is 0 Å². The molecule has 3 N–H and O–H groups in total. The number of carbonyl (C=O) groups is 1. The topological polar surface area (TPSA) is 112 Å². The summed E-state index contributed by atoms with van der Waals surface area (Å²) in [5, 5.41) is 11.1. The Hall–Kier alpha value is -2.90. The first kappa shape index (κ1) is 19.8. The number of anilines is 1. The Labute approximate surface area is 186 Å². The molecule has 4 aliphatic rings. The third kappa shape index (κ3) is 3.11. The summed E-state index contributed by atoms with van der Waals surface area (Å²) in [6.07, 6.45) is 9.01. The monoisotopic (exact) mass is 434 g/mol. The van der Waals surface area contributed by atoms with Crippen molar-refractivity contribution < 1.29 is 9.42 Å². The minimum Gasteiger partial charge on any atom is -0.379 e. The van der Waals surface area contributed by atoms with Gasteiger partial charge in [0.2, 0.25) is 5.91 Å². The number of rotatable bonds is 6. The predicted molar refractivity (Wildman–Crippen MR) is 120 cm³/mol. The molecule has 4 aliphatic carbocycles. The van der Waals surface area contributed by atoms with Crippen molar-refractivity contribution in [2.24, 2.45) is 23.2 Å². The smallest absolute Gasteiger partial charge is 0.240 e. The first-order chi connectivity index (χ1) is 15.5. The lowest BCUT2D eigenvalue weighted by Gasteiger charge is -2.59. The summed E-state index contributed by atoms with van der Waals surface area (Å²) >= 11 is 0. The average Bonchev–Trinajstić information content (AvgIpc) is 3.34. The number of hydrogen-bond donors (Lipinski definition) is 2. The molecule has 1 aromatic carbocycles. The highest BCUT2D eigenvalue weighted by Crippen LogP contribution is 2.61. The summed E-state index contributed by atoms with van der Waals surface area (Å²) in [5.41, 5.74) is 8.23. The molecule has 0 aliphatic heterocycles. The molecule has 1 atom stereocenters. The van der Waals surface area contributed by atoms with E-state index < -0.39 is 0 Å². The normalized spacial score (nSPS) is 29.5. The Morgan fingerprint density at radius 3 is 2.50 bits per heavy atom. The number of carbonyl (C=O) groups excluding carboxylic acids is 1. The molecule has 168 valence electrons. The van der Waals surface area contributed by atoms with Crippen LogP contribution in [0.15, 0.2) is 28.9 Å². The number of para-hydroxylation sites is 2. The van der Waals surface area contributed by atoms with E-state index in [1.165, 1.54) is 38.5 Å². The Balaban J connectivity index is 1.28. The van der Waals surface area contributed by atoms with Crippen molar-refractivity contribution in [2.75, 3.05) is 5.73 Å². The van der Waals surface area contributed by atoms with Crippen molar-refractivity contribution in [2.45, 2.75) is 64.5 Å². The quantitative estimate of drug-likeness (QED) is 0.611. The van der Waals surface area contributed by atoms with Crippen molar-refractivity contribution in [3.05, 3.63) is 24.3 Å². The molecule has 1 amide bonds. The van der Waals surface area contributed by atoms with E-state index in [1.807, 2.05) is 28.8 Å². The SMILES string of the molecule is CC[C@@H](NC(=O)Cn1c(-c2nonc2N)nc2ccccc21)C12CC3CC(CC(C3)C1)C2. The fraction of sp³-hybridized carbons (Fsp3) is 0.583. The first-order valence-electron chi connectivity index (χ1n) is 11.9. The second-order valence-corrected chi connectivity index (χ2v) is 10.3. The Bertz CT molecular complexity index is 1130. The molecule has 32 heavy (non-hydrogen) atoms. The van der Waals surface area contributed by atoms with Crippen LogP contribution < -0.4 is 11.1 Å². The molecule has 4 fully saturated rings. The van der Waals surface area contributed by atoms with Crippen LogP contribution in [0.1, 0.15) is 51.9 Å². The molecular formula is C24H30N6O2. The van der Waals surface area contributed by atoms with Crippen molar-refractivity contribution in [3.63, 3.8) is 0 Å². The van der Waals surface area contributed by atoms with Gasteiger partial charge in [-0.25, -0.2) is 9.61 Å². The summed E-state index contributed by atoms with van der Waals surface area (Å²) in [7, 11) is 0. The number of hydrogen-bond acceptors (Lipinski definition) is 6. The molecule has 0 saturated heterocycles. The summed E-state index contributed by atoms with van der Waals surface area (Å²) in [5.74, 6) is 3.26. The predicted octanol–water partition coefficient (Wildman–Crippen LogP) is 3.78. The van der Waals surface area contributed by atoms with Gasteiger partial charge in [0.25, 0.3) is 0 Å². The highest BCUT2D eigenvalue weighted by atomic mass is 16.6. The molecule has 7 rings (SSSR count). The molecule has 0 spiro atoms. The van der Waals surface area contributed by atoms with Crippen molar-refractivity contribution in [3.8, 4) is 11.5 Å². The van der Waals surface area contributed by atoms with Gasteiger partial charge in [0.05, 0.1) is 11.0 Å². The minimum absolute atomic E-state index is 0.00650. The number of fused-ring (bicyclic) bond motifs is 1. The molecule has 0 radical (unpaired) electrons. The molecule has 2 aromatic heterocycles. The maximum Gasteiger partial charge on any atom is 0.240 e. The van der Waals surface area contributed by atoms with Gasteiger partial charge in [0.15, 0.2) is 17.3 Å². The third-order valence-corrected chi connectivity index (χ3v) is 8.25. The second-order valence-electron chi connectivity index (χ2n) is 10.3. The largest absolute Gasteiger partial charge is 0.379 e. The summed E-state index contributed by atoms with van der Waals surface area (Å²) in [4.78, 5) is 18.0. The van der Waals surface area contributed by atoms with Gasteiger partial charge in [-0.15, -0.1) is 0 Å². The Morgan fingerprint density at radius 1 is 1.19 bits per heavy atom. The minimum atomic E-state index is 0.00650. The summed E-state index contributed by atoms with van der Waals surface area (Å²) in [6, 6.07) is 7.96. The standard InChI is InChI=1S/C24H30N6O2/c1-2-19(24-10-14-7-15(11-24)9-16(8-14)12-24)27-20(31)13-30-18-6-4-3-5-17(18)26-23(30)21-22(25)29-32-28-21/h3-6,14-16,19H,2,7-13H2,1H3,(H2,25,29)(H,27,31)/t14?,15?,16?,19-,24?/m1/s1. The van der Waals surface area contributed by atoms with Gasteiger partial charge in [-0.1, -0.05) is 19.1 Å². The number of nitrogens with one attached hydrogen (secondary N) is 1. The van der Waals surface area contributed by atoms with Gasteiger partial charge in [0.1, 0.15) is 6.54 Å². The van der Waals surface area contributed by atoms with E-state index >= 15 is 0 Å². The van der Waals surface area contributed by atoms with Crippen LogP contribution in [0.4, 0.5) is 5.82 Å². The molecule has 3 aromatic rings. The summed E-state index contributed by atoms with van der Waals surface area (Å²) in [6.45, 7) is 2.37. The fourth-order valence-electron chi connectivity index (χ4n) is 7.44. The van der Waals surface area contributed by atoms with Gasteiger partial charge in [0, 0.05) is 6.04 Å². The van der Waals surface area contributed by atoms with E-state index in [4.69, 9.17) is 10.4 Å². The van der Waals surface area contributed by atoms with Gasteiger partial charge >= 0.3 is 0 Å². The van der Waals surface area contributed by atoms with Gasteiger partial charge in [-0.3, -0.25) is 4.79 Å².